The predicted octanol–water partition coefficient (Wildman–Crippen LogP) is 5.81. The number of nitrogens with zero attached hydrogens (tertiary/aromatic N) is 4. The highest BCUT2D eigenvalue weighted by Crippen LogP contribution is 2.30. The van der Waals surface area contributed by atoms with Gasteiger partial charge in [0.1, 0.15) is 11.3 Å². The second-order valence-electron chi connectivity index (χ2n) is 8.11. The fraction of sp³-hybridized carbons (Fsp3) is 0.409. The number of anilines is 1. The molecule has 0 saturated carbocycles. The minimum atomic E-state index is -0.159. The molecule has 2 amide bonds. The molecule has 1 N–H and O–H groups in total. The molecule has 0 spiro atoms. The third kappa shape index (κ3) is 4.40. The summed E-state index contributed by atoms with van der Waals surface area (Å²) in [7, 11) is 0. The maximum absolute atomic E-state index is 12.7. The van der Waals surface area contributed by atoms with E-state index in [1.165, 1.54) is 0 Å². The van der Waals surface area contributed by atoms with Crippen LogP contribution in [0.5, 0.6) is 0 Å². The molecule has 1 fully saturated rings. The first kappa shape index (κ1) is 20.9. The Balaban J connectivity index is 1.48. The summed E-state index contributed by atoms with van der Waals surface area (Å²) in [6, 6.07) is 9.09. The molecule has 1 aromatic carbocycles. The fourth-order valence-electron chi connectivity index (χ4n) is 3.98. The van der Waals surface area contributed by atoms with Gasteiger partial charge in [-0.25, -0.2) is 14.8 Å². The van der Waals surface area contributed by atoms with E-state index >= 15 is 0 Å². The number of likely N-dealkylation sites (tertiary alicyclic amines) is 1. The molecule has 1 saturated heterocycles. The molecular weight excluding hydrogens is 421 g/mol. The van der Waals surface area contributed by atoms with Crippen LogP contribution in [-0.4, -0.2) is 38.6 Å². The molecule has 1 aliphatic rings. The van der Waals surface area contributed by atoms with Crippen LogP contribution in [0, 0.1) is 5.92 Å². The molecule has 0 radical (unpaired) electrons. The Morgan fingerprint density at radius 2 is 2.00 bits per heavy atom. The smallest absolute Gasteiger partial charge is 0.321 e. The summed E-state index contributed by atoms with van der Waals surface area (Å²) >= 11 is 12.2. The van der Waals surface area contributed by atoms with Crippen LogP contribution < -0.4 is 5.32 Å². The van der Waals surface area contributed by atoms with Gasteiger partial charge >= 0.3 is 6.03 Å². The molecule has 30 heavy (non-hydrogen) atoms. The molecule has 0 unspecified atom stereocenters. The van der Waals surface area contributed by atoms with Gasteiger partial charge in [0.05, 0.1) is 10.7 Å². The molecule has 158 valence electrons. The Morgan fingerprint density at radius 1 is 1.23 bits per heavy atom. The van der Waals surface area contributed by atoms with Gasteiger partial charge in [-0.2, -0.15) is 0 Å². The molecule has 0 atom stereocenters. The number of imidazole rings is 1. The van der Waals surface area contributed by atoms with Crippen molar-refractivity contribution >= 4 is 46.1 Å². The number of urea groups is 1. The number of hydrogen-bond donors (Lipinski definition) is 1. The molecule has 6 nitrogen and oxygen atoms in total. The van der Waals surface area contributed by atoms with Gasteiger partial charge in [-0.05, 0) is 49.1 Å². The van der Waals surface area contributed by atoms with Gasteiger partial charge in [-0.15, -0.1) is 0 Å². The summed E-state index contributed by atoms with van der Waals surface area (Å²) in [6.07, 6.45) is 4.43. The molecular formula is C22H25Cl2N5O. The van der Waals surface area contributed by atoms with Crippen molar-refractivity contribution in [2.45, 2.75) is 39.2 Å². The lowest BCUT2D eigenvalue weighted by Crippen LogP contribution is -2.41. The average Bonchev–Trinajstić information content (AvgIpc) is 3.08. The minimum Gasteiger partial charge on any atom is -0.324 e. The van der Waals surface area contributed by atoms with Crippen molar-refractivity contribution in [3.05, 3.63) is 52.4 Å². The summed E-state index contributed by atoms with van der Waals surface area (Å²) in [4.78, 5) is 24.0. The van der Waals surface area contributed by atoms with Crippen molar-refractivity contribution in [1.82, 2.24) is 19.4 Å². The number of aromatic nitrogens is 3. The fourth-order valence-corrected chi connectivity index (χ4v) is 4.32. The molecule has 0 bridgehead atoms. The van der Waals surface area contributed by atoms with Crippen molar-refractivity contribution in [2.75, 3.05) is 18.4 Å². The second-order valence-corrected chi connectivity index (χ2v) is 8.96. The normalized spacial score (nSPS) is 15.2. The first-order valence-corrected chi connectivity index (χ1v) is 11.0. The lowest BCUT2D eigenvalue weighted by Gasteiger charge is -2.33. The lowest BCUT2D eigenvalue weighted by molar-refractivity contribution is 0.183. The number of piperidine rings is 1. The molecule has 2 aromatic heterocycles. The molecule has 3 aromatic rings. The Morgan fingerprint density at radius 3 is 2.73 bits per heavy atom. The van der Waals surface area contributed by atoms with Crippen LogP contribution in [0.15, 0.2) is 36.5 Å². The first-order valence-electron chi connectivity index (χ1n) is 10.2. The molecule has 8 heteroatoms. The van der Waals surface area contributed by atoms with E-state index in [-0.39, 0.29) is 12.1 Å². The van der Waals surface area contributed by atoms with E-state index in [0.29, 0.717) is 34.7 Å². The molecule has 4 rings (SSSR count). The summed E-state index contributed by atoms with van der Waals surface area (Å²) in [6.45, 7) is 5.71. The average molecular weight is 446 g/mol. The SMILES string of the molecule is CC(C)Cc1nc2cccnc2n1C1CCN(C(=O)Nc2cc(Cl)ccc2Cl)CC1. The zero-order valence-corrected chi connectivity index (χ0v) is 18.6. The zero-order chi connectivity index (χ0) is 21.3. The largest absolute Gasteiger partial charge is 0.324 e. The highest BCUT2D eigenvalue weighted by Gasteiger charge is 2.27. The summed E-state index contributed by atoms with van der Waals surface area (Å²) < 4.78 is 2.29. The molecule has 0 aliphatic carbocycles. The topological polar surface area (TPSA) is 63.1 Å². The lowest BCUT2D eigenvalue weighted by atomic mass is 10.0. The highest BCUT2D eigenvalue weighted by molar-refractivity contribution is 6.35. The number of amides is 2. The number of carbonyl (C=O) groups is 1. The van der Waals surface area contributed by atoms with Crippen LogP contribution in [0.4, 0.5) is 10.5 Å². The van der Waals surface area contributed by atoms with Crippen LogP contribution in [0.3, 0.4) is 0 Å². The number of carbonyl (C=O) groups excluding carboxylic acids is 1. The highest BCUT2D eigenvalue weighted by atomic mass is 35.5. The monoisotopic (exact) mass is 445 g/mol. The van der Waals surface area contributed by atoms with Crippen molar-refractivity contribution < 1.29 is 4.79 Å². The van der Waals surface area contributed by atoms with E-state index in [0.717, 1.165) is 36.3 Å². The maximum atomic E-state index is 12.7. The van der Waals surface area contributed by atoms with Crippen molar-refractivity contribution in [2.24, 2.45) is 5.92 Å². The minimum absolute atomic E-state index is 0.159. The summed E-state index contributed by atoms with van der Waals surface area (Å²) in [5, 5.41) is 3.88. The maximum Gasteiger partial charge on any atom is 0.321 e. The zero-order valence-electron chi connectivity index (χ0n) is 17.1. The van der Waals surface area contributed by atoms with E-state index in [4.69, 9.17) is 28.2 Å². The standard InChI is InChI=1S/C22H25Cl2N5O/c1-14(2)12-20-26-18-4-3-9-25-21(18)29(20)16-7-10-28(11-8-16)22(30)27-19-13-15(23)5-6-17(19)24/h3-6,9,13-14,16H,7-8,10-12H2,1-2H3,(H,27,30). The van der Waals surface area contributed by atoms with Gasteiger partial charge in [0.15, 0.2) is 5.65 Å². The number of halogens is 2. The summed E-state index contributed by atoms with van der Waals surface area (Å²) in [5.41, 5.74) is 2.39. The van der Waals surface area contributed by atoms with E-state index in [1.807, 2.05) is 23.2 Å². The number of nitrogens with one attached hydrogen (secondary N) is 1. The Hall–Kier alpha value is -2.31. The van der Waals surface area contributed by atoms with Gasteiger partial charge in [0.25, 0.3) is 0 Å². The van der Waals surface area contributed by atoms with Crippen LogP contribution in [0.25, 0.3) is 11.2 Å². The first-order chi connectivity index (χ1) is 14.4. The van der Waals surface area contributed by atoms with Gasteiger partial charge in [-0.1, -0.05) is 37.0 Å². The third-order valence-electron chi connectivity index (χ3n) is 5.40. The molecule has 3 heterocycles. The Kier molecular flexibility index (Phi) is 6.16. The molecule has 1 aliphatic heterocycles. The predicted molar refractivity (Wildman–Crippen MR) is 121 cm³/mol. The van der Waals surface area contributed by atoms with Gasteiger partial charge in [0, 0.05) is 36.8 Å². The Bertz CT molecular complexity index is 1060. The van der Waals surface area contributed by atoms with Crippen LogP contribution >= 0.6 is 23.2 Å². The quantitative estimate of drug-likeness (QED) is 0.551. The van der Waals surface area contributed by atoms with Gasteiger partial charge in [0.2, 0.25) is 0 Å². The number of hydrogen-bond acceptors (Lipinski definition) is 3. The van der Waals surface area contributed by atoms with Gasteiger partial charge < -0.3 is 14.8 Å². The number of benzene rings is 1. The Labute approximate surface area is 186 Å². The number of fused-ring (bicyclic) bond motifs is 1. The van der Waals surface area contributed by atoms with Gasteiger partial charge in [-0.3, -0.25) is 0 Å². The van der Waals surface area contributed by atoms with Crippen molar-refractivity contribution in [1.29, 1.82) is 0 Å². The van der Waals surface area contributed by atoms with E-state index in [9.17, 15) is 4.79 Å². The second kappa shape index (κ2) is 8.82. The van der Waals surface area contributed by atoms with Crippen molar-refractivity contribution in [3.63, 3.8) is 0 Å². The summed E-state index contributed by atoms with van der Waals surface area (Å²) in [5.74, 6) is 1.58. The number of rotatable bonds is 4. The van der Waals surface area contributed by atoms with Crippen LogP contribution in [0.2, 0.25) is 10.0 Å². The van der Waals surface area contributed by atoms with E-state index < -0.39 is 0 Å². The third-order valence-corrected chi connectivity index (χ3v) is 5.96. The van der Waals surface area contributed by atoms with E-state index in [2.05, 4.69) is 28.7 Å². The van der Waals surface area contributed by atoms with E-state index in [1.54, 1.807) is 18.2 Å². The number of pyridine rings is 1. The van der Waals surface area contributed by atoms with Crippen LogP contribution in [0.1, 0.15) is 38.6 Å². The van der Waals surface area contributed by atoms with Crippen molar-refractivity contribution in [3.8, 4) is 0 Å². The van der Waals surface area contributed by atoms with Crippen LogP contribution in [-0.2, 0) is 6.42 Å².